The highest BCUT2D eigenvalue weighted by Gasteiger charge is 2.21. The van der Waals surface area contributed by atoms with Gasteiger partial charge >= 0.3 is 0 Å². The third-order valence-electron chi connectivity index (χ3n) is 2.26. The van der Waals surface area contributed by atoms with Gasteiger partial charge in [0.05, 0.1) is 12.8 Å². The van der Waals surface area contributed by atoms with Crippen molar-refractivity contribution in [2.75, 3.05) is 19.0 Å². The highest BCUT2D eigenvalue weighted by molar-refractivity contribution is 8.00. The Labute approximate surface area is 105 Å². The van der Waals surface area contributed by atoms with E-state index in [2.05, 4.69) is 19.2 Å². The Bertz CT molecular complexity index is 446. The maximum absolute atomic E-state index is 11.3. The monoisotopic (exact) mass is 253 g/mol. The Hall–Kier alpha value is -1.36. The molecule has 92 valence electrons. The third-order valence-corrected chi connectivity index (χ3v) is 3.31. The van der Waals surface area contributed by atoms with Crippen LogP contribution in [0.2, 0.25) is 0 Å². The lowest BCUT2D eigenvalue weighted by atomic mass is 10.2. The summed E-state index contributed by atoms with van der Waals surface area (Å²) >= 11 is 1.67. The predicted molar refractivity (Wildman–Crippen MR) is 68.1 cm³/mol. The van der Waals surface area contributed by atoms with Gasteiger partial charge in [0, 0.05) is 16.2 Å². The number of fused-ring (bicyclic) bond motifs is 1. The minimum Gasteiger partial charge on any atom is -0.497 e. The number of ether oxygens (including phenoxy) is 2. The highest BCUT2D eigenvalue weighted by atomic mass is 32.2. The molecule has 0 unspecified atom stereocenters. The molecule has 0 aromatic heterocycles. The van der Waals surface area contributed by atoms with Crippen molar-refractivity contribution >= 4 is 23.4 Å². The van der Waals surface area contributed by atoms with Gasteiger partial charge in [0.1, 0.15) is 11.5 Å². The van der Waals surface area contributed by atoms with Crippen LogP contribution in [0.15, 0.2) is 17.0 Å². The second kappa shape index (κ2) is 4.87. The summed E-state index contributed by atoms with van der Waals surface area (Å²) in [6, 6.07) is 3.71. The molecule has 1 aromatic carbocycles. The lowest BCUT2D eigenvalue weighted by Crippen LogP contribution is -2.25. The van der Waals surface area contributed by atoms with Crippen LogP contribution in [0, 0.1) is 0 Å². The second-order valence-corrected chi connectivity index (χ2v) is 5.62. The summed E-state index contributed by atoms with van der Waals surface area (Å²) in [6.45, 7) is 4.26. The summed E-state index contributed by atoms with van der Waals surface area (Å²) in [5, 5.41) is 3.27. The Morgan fingerprint density at radius 3 is 2.88 bits per heavy atom. The largest absolute Gasteiger partial charge is 0.497 e. The maximum atomic E-state index is 11.3. The van der Waals surface area contributed by atoms with E-state index in [1.165, 1.54) is 0 Å². The van der Waals surface area contributed by atoms with Crippen molar-refractivity contribution in [3.05, 3.63) is 12.1 Å². The molecule has 1 heterocycles. The zero-order chi connectivity index (χ0) is 12.4. The Morgan fingerprint density at radius 2 is 2.24 bits per heavy atom. The van der Waals surface area contributed by atoms with E-state index in [0.29, 0.717) is 11.0 Å². The normalized spacial score (nSPS) is 14.0. The molecule has 0 aliphatic carbocycles. The topological polar surface area (TPSA) is 47.6 Å². The number of amides is 1. The molecular formula is C12H15NO3S. The van der Waals surface area contributed by atoms with Crippen molar-refractivity contribution in [1.29, 1.82) is 0 Å². The standard InChI is InChI=1S/C12H15NO3S/c1-7(2)17-10-5-8(15-3)4-9-12(10)13-11(14)6-16-9/h4-5,7H,6H2,1-3H3,(H,13,14). The van der Waals surface area contributed by atoms with E-state index in [0.717, 1.165) is 16.3 Å². The van der Waals surface area contributed by atoms with E-state index in [1.807, 2.05) is 6.07 Å². The molecule has 1 aliphatic heterocycles. The lowest BCUT2D eigenvalue weighted by molar-refractivity contribution is -0.118. The number of benzene rings is 1. The Balaban J connectivity index is 2.43. The molecule has 0 saturated heterocycles. The second-order valence-electron chi connectivity index (χ2n) is 4.00. The third kappa shape index (κ3) is 2.66. The molecule has 0 fully saturated rings. The lowest BCUT2D eigenvalue weighted by Gasteiger charge is -2.22. The number of thioether (sulfide) groups is 1. The van der Waals surface area contributed by atoms with Crippen molar-refractivity contribution in [2.24, 2.45) is 0 Å². The van der Waals surface area contributed by atoms with E-state index in [9.17, 15) is 4.79 Å². The number of carbonyl (C=O) groups is 1. The fourth-order valence-corrected chi connectivity index (χ4v) is 2.55. The molecule has 1 aliphatic rings. The molecule has 1 aromatic rings. The summed E-state index contributed by atoms with van der Waals surface area (Å²) in [5.74, 6) is 1.29. The number of nitrogens with one attached hydrogen (secondary N) is 1. The molecule has 0 bridgehead atoms. The minimum absolute atomic E-state index is 0.0615. The van der Waals surface area contributed by atoms with Crippen LogP contribution in [0.3, 0.4) is 0 Å². The van der Waals surface area contributed by atoms with Crippen LogP contribution in [-0.2, 0) is 4.79 Å². The average Bonchev–Trinajstić information content (AvgIpc) is 2.28. The van der Waals surface area contributed by atoms with Crippen LogP contribution < -0.4 is 14.8 Å². The van der Waals surface area contributed by atoms with Crippen molar-refractivity contribution in [3.63, 3.8) is 0 Å². The van der Waals surface area contributed by atoms with Crippen molar-refractivity contribution < 1.29 is 14.3 Å². The molecule has 1 N–H and O–H groups in total. The zero-order valence-electron chi connectivity index (χ0n) is 10.1. The van der Waals surface area contributed by atoms with E-state index < -0.39 is 0 Å². The number of carbonyl (C=O) groups excluding carboxylic acids is 1. The van der Waals surface area contributed by atoms with Crippen LogP contribution in [-0.4, -0.2) is 24.9 Å². The van der Waals surface area contributed by atoms with Gasteiger partial charge in [0.2, 0.25) is 0 Å². The van der Waals surface area contributed by atoms with Gasteiger partial charge in [-0.15, -0.1) is 11.8 Å². The van der Waals surface area contributed by atoms with Gasteiger partial charge in [-0.3, -0.25) is 4.79 Å². The first kappa shape index (κ1) is 12.1. The number of methoxy groups -OCH3 is 1. The summed E-state index contributed by atoms with van der Waals surface area (Å²) in [5.41, 5.74) is 0.751. The van der Waals surface area contributed by atoms with Gasteiger partial charge in [-0.05, 0) is 6.07 Å². The first-order chi connectivity index (χ1) is 8.10. The molecule has 4 nitrogen and oxygen atoms in total. The van der Waals surface area contributed by atoms with Gasteiger partial charge in [0.25, 0.3) is 5.91 Å². The molecule has 0 radical (unpaired) electrons. The summed E-state index contributed by atoms with van der Waals surface area (Å²) in [7, 11) is 1.62. The van der Waals surface area contributed by atoms with Crippen LogP contribution in [0.5, 0.6) is 11.5 Å². The highest BCUT2D eigenvalue weighted by Crippen LogP contribution is 2.42. The number of rotatable bonds is 3. The SMILES string of the molecule is COc1cc2c(c(SC(C)C)c1)NC(=O)CO2. The van der Waals surface area contributed by atoms with Crippen LogP contribution >= 0.6 is 11.8 Å². The molecule has 0 saturated carbocycles. The maximum Gasteiger partial charge on any atom is 0.262 e. The summed E-state index contributed by atoms with van der Waals surface area (Å²) in [4.78, 5) is 12.3. The van der Waals surface area contributed by atoms with Crippen molar-refractivity contribution in [2.45, 2.75) is 24.0 Å². The van der Waals surface area contributed by atoms with Crippen LogP contribution in [0.25, 0.3) is 0 Å². The fourth-order valence-electron chi connectivity index (χ4n) is 1.59. The van der Waals surface area contributed by atoms with E-state index in [4.69, 9.17) is 9.47 Å². The fraction of sp³-hybridized carbons (Fsp3) is 0.417. The van der Waals surface area contributed by atoms with Gasteiger partial charge in [-0.1, -0.05) is 13.8 Å². The van der Waals surface area contributed by atoms with Crippen molar-refractivity contribution in [1.82, 2.24) is 0 Å². The summed E-state index contributed by atoms with van der Waals surface area (Å²) < 4.78 is 10.6. The van der Waals surface area contributed by atoms with Gasteiger partial charge in [-0.2, -0.15) is 0 Å². The Morgan fingerprint density at radius 1 is 1.47 bits per heavy atom. The number of anilines is 1. The summed E-state index contributed by atoms with van der Waals surface area (Å²) in [6.07, 6.45) is 0. The molecule has 1 amide bonds. The smallest absolute Gasteiger partial charge is 0.262 e. The van der Waals surface area contributed by atoms with Gasteiger partial charge in [-0.25, -0.2) is 0 Å². The molecular weight excluding hydrogens is 238 g/mol. The predicted octanol–water partition coefficient (Wildman–Crippen LogP) is 2.53. The molecule has 5 heteroatoms. The average molecular weight is 253 g/mol. The number of hydrogen-bond donors (Lipinski definition) is 1. The van der Waals surface area contributed by atoms with E-state index in [1.54, 1.807) is 24.9 Å². The first-order valence-electron chi connectivity index (χ1n) is 5.41. The quantitative estimate of drug-likeness (QED) is 0.841. The van der Waals surface area contributed by atoms with Gasteiger partial charge < -0.3 is 14.8 Å². The van der Waals surface area contributed by atoms with E-state index in [-0.39, 0.29) is 12.5 Å². The number of hydrogen-bond acceptors (Lipinski definition) is 4. The molecule has 2 rings (SSSR count). The molecule has 0 atom stereocenters. The van der Waals surface area contributed by atoms with E-state index >= 15 is 0 Å². The molecule has 17 heavy (non-hydrogen) atoms. The zero-order valence-corrected chi connectivity index (χ0v) is 10.9. The molecule has 0 spiro atoms. The van der Waals surface area contributed by atoms with Crippen LogP contribution in [0.1, 0.15) is 13.8 Å². The Kier molecular flexibility index (Phi) is 3.47. The van der Waals surface area contributed by atoms with Crippen LogP contribution in [0.4, 0.5) is 5.69 Å². The van der Waals surface area contributed by atoms with Gasteiger partial charge in [0.15, 0.2) is 6.61 Å². The minimum atomic E-state index is -0.117. The van der Waals surface area contributed by atoms with Crippen molar-refractivity contribution in [3.8, 4) is 11.5 Å². The first-order valence-corrected chi connectivity index (χ1v) is 6.29.